The molecule has 6 nitrogen and oxygen atoms in total. The minimum Gasteiger partial charge on any atom is -0.486 e. The van der Waals surface area contributed by atoms with Gasteiger partial charge in [-0.3, -0.25) is 0 Å². The Balaban J connectivity index is 2.07. The second-order valence-corrected chi connectivity index (χ2v) is 5.64. The SMILES string of the molecule is CC1(C)OC(=O)C(=CNc2ccc(OCC(F)F)c(Cl)c2)C(=O)O1. The standard InChI is InChI=1S/C15H14ClF2NO5/c1-15(2)23-13(20)9(14(21)24-15)6-19-8-3-4-11(10(16)5-8)22-7-12(17)18/h3-6,12,19H,7H2,1-2H3. The van der Waals surface area contributed by atoms with Gasteiger partial charge < -0.3 is 19.5 Å². The smallest absolute Gasteiger partial charge is 0.350 e. The summed E-state index contributed by atoms with van der Waals surface area (Å²) in [4.78, 5) is 23.5. The Morgan fingerprint density at radius 2 is 1.92 bits per heavy atom. The van der Waals surface area contributed by atoms with Crippen LogP contribution >= 0.6 is 11.6 Å². The summed E-state index contributed by atoms with van der Waals surface area (Å²) < 4.78 is 38.9. The Morgan fingerprint density at radius 3 is 2.46 bits per heavy atom. The van der Waals surface area contributed by atoms with Gasteiger partial charge in [0, 0.05) is 25.7 Å². The zero-order valence-electron chi connectivity index (χ0n) is 12.8. The summed E-state index contributed by atoms with van der Waals surface area (Å²) in [5, 5.41) is 2.78. The van der Waals surface area contributed by atoms with Crippen molar-refractivity contribution in [1.82, 2.24) is 0 Å². The van der Waals surface area contributed by atoms with Gasteiger partial charge in [0.15, 0.2) is 5.57 Å². The molecular formula is C15H14ClF2NO5. The number of hydrogen-bond acceptors (Lipinski definition) is 6. The van der Waals surface area contributed by atoms with Crippen LogP contribution in [0.25, 0.3) is 0 Å². The Hall–Kier alpha value is -2.35. The van der Waals surface area contributed by atoms with Crippen LogP contribution in [0.3, 0.4) is 0 Å². The second kappa shape index (κ2) is 7.04. The highest BCUT2D eigenvalue weighted by Gasteiger charge is 2.38. The van der Waals surface area contributed by atoms with Crippen LogP contribution in [0.15, 0.2) is 30.0 Å². The molecule has 9 heteroatoms. The average molecular weight is 362 g/mol. The van der Waals surface area contributed by atoms with Crippen molar-refractivity contribution in [3.63, 3.8) is 0 Å². The van der Waals surface area contributed by atoms with Gasteiger partial charge >= 0.3 is 11.9 Å². The van der Waals surface area contributed by atoms with E-state index in [1.54, 1.807) is 0 Å². The number of nitrogens with one attached hydrogen (secondary N) is 1. The summed E-state index contributed by atoms with van der Waals surface area (Å²) in [5.74, 6) is -2.88. The average Bonchev–Trinajstić information content (AvgIpc) is 2.44. The largest absolute Gasteiger partial charge is 0.486 e. The predicted octanol–water partition coefficient (Wildman–Crippen LogP) is 3.12. The highest BCUT2D eigenvalue weighted by Crippen LogP contribution is 2.28. The number of esters is 2. The number of cyclic esters (lactones) is 2. The van der Waals surface area contributed by atoms with Gasteiger partial charge in [-0.1, -0.05) is 11.6 Å². The molecule has 1 heterocycles. The number of carbonyl (C=O) groups is 2. The summed E-state index contributed by atoms with van der Waals surface area (Å²) in [6.45, 7) is 2.10. The minimum atomic E-state index is -2.61. The summed E-state index contributed by atoms with van der Waals surface area (Å²) in [6, 6.07) is 4.25. The topological polar surface area (TPSA) is 73.9 Å². The van der Waals surface area contributed by atoms with E-state index in [2.05, 4.69) is 5.32 Å². The number of anilines is 1. The molecule has 0 radical (unpaired) electrons. The lowest BCUT2D eigenvalue weighted by Crippen LogP contribution is -2.42. The van der Waals surface area contributed by atoms with Crippen LogP contribution in [-0.2, 0) is 19.1 Å². The van der Waals surface area contributed by atoms with Crippen molar-refractivity contribution in [2.24, 2.45) is 0 Å². The van der Waals surface area contributed by atoms with Crippen molar-refractivity contribution >= 4 is 29.2 Å². The molecule has 1 aliphatic rings. The van der Waals surface area contributed by atoms with Crippen molar-refractivity contribution in [3.05, 3.63) is 35.0 Å². The molecule has 24 heavy (non-hydrogen) atoms. The third-order valence-corrected chi connectivity index (χ3v) is 3.09. The number of carbonyl (C=O) groups excluding carboxylic acids is 2. The van der Waals surface area contributed by atoms with Gasteiger partial charge in [-0.25, -0.2) is 18.4 Å². The van der Waals surface area contributed by atoms with Crippen molar-refractivity contribution in [1.29, 1.82) is 0 Å². The lowest BCUT2D eigenvalue weighted by molar-refractivity contribution is -0.222. The minimum absolute atomic E-state index is 0.0911. The fourth-order valence-corrected chi connectivity index (χ4v) is 2.03. The highest BCUT2D eigenvalue weighted by molar-refractivity contribution is 6.32. The fraction of sp³-hybridized carbons (Fsp3) is 0.333. The van der Waals surface area contributed by atoms with Crippen LogP contribution < -0.4 is 10.1 Å². The molecule has 2 rings (SSSR count). The maximum Gasteiger partial charge on any atom is 0.350 e. The third kappa shape index (κ3) is 4.58. The molecule has 0 saturated carbocycles. The number of benzene rings is 1. The van der Waals surface area contributed by atoms with E-state index in [1.807, 2.05) is 0 Å². The molecular weight excluding hydrogens is 348 g/mol. The summed E-state index contributed by atoms with van der Waals surface area (Å²) >= 11 is 5.92. The Bertz CT molecular complexity index is 668. The molecule has 0 spiro atoms. The lowest BCUT2D eigenvalue weighted by Gasteiger charge is -2.29. The first-order valence-electron chi connectivity index (χ1n) is 6.82. The normalized spacial score (nSPS) is 16.5. The second-order valence-electron chi connectivity index (χ2n) is 5.23. The van der Waals surface area contributed by atoms with E-state index in [9.17, 15) is 18.4 Å². The van der Waals surface area contributed by atoms with Gasteiger partial charge in [-0.05, 0) is 18.2 Å². The molecule has 0 unspecified atom stereocenters. The first-order chi connectivity index (χ1) is 11.2. The lowest BCUT2D eigenvalue weighted by atomic mass is 10.2. The van der Waals surface area contributed by atoms with Crippen molar-refractivity contribution in [3.8, 4) is 5.75 Å². The number of rotatable bonds is 5. The first kappa shape index (κ1) is 18.0. The highest BCUT2D eigenvalue weighted by atomic mass is 35.5. The molecule has 130 valence electrons. The summed E-state index contributed by atoms with van der Waals surface area (Å²) in [7, 11) is 0. The zero-order chi connectivity index (χ0) is 17.9. The van der Waals surface area contributed by atoms with Crippen molar-refractivity contribution in [2.45, 2.75) is 26.1 Å². The molecule has 1 aliphatic heterocycles. The molecule has 0 bridgehead atoms. The Kier molecular flexibility index (Phi) is 5.28. The van der Waals surface area contributed by atoms with Gasteiger partial charge in [0.2, 0.25) is 0 Å². The molecule has 1 aromatic carbocycles. The third-order valence-electron chi connectivity index (χ3n) is 2.80. The Labute approximate surface area is 141 Å². The Morgan fingerprint density at radius 1 is 1.29 bits per heavy atom. The molecule has 0 amide bonds. The van der Waals surface area contributed by atoms with E-state index < -0.39 is 30.8 Å². The van der Waals surface area contributed by atoms with E-state index >= 15 is 0 Å². The maximum atomic E-state index is 12.1. The van der Waals surface area contributed by atoms with E-state index in [4.69, 9.17) is 25.8 Å². The van der Waals surface area contributed by atoms with E-state index in [0.717, 1.165) is 6.20 Å². The van der Waals surface area contributed by atoms with Crippen LogP contribution in [0.2, 0.25) is 5.02 Å². The quantitative estimate of drug-likeness (QED) is 0.493. The summed E-state index contributed by atoms with van der Waals surface area (Å²) in [6.07, 6.45) is -1.50. The molecule has 0 aromatic heterocycles. The van der Waals surface area contributed by atoms with E-state index in [0.29, 0.717) is 5.69 Å². The van der Waals surface area contributed by atoms with Crippen molar-refractivity contribution < 1.29 is 32.6 Å². The van der Waals surface area contributed by atoms with Gasteiger partial charge in [0.25, 0.3) is 12.2 Å². The van der Waals surface area contributed by atoms with Gasteiger partial charge in [-0.15, -0.1) is 0 Å². The van der Waals surface area contributed by atoms with Crippen LogP contribution in [-0.4, -0.2) is 30.8 Å². The number of ether oxygens (including phenoxy) is 3. The van der Waals surface area contributed by atoms with Crippen LogP contribution in [0.1, 0.15) is 13.8 Å². The predicted molar refractivity (Wildman–Crippen MR) is 80.9 cm³/mol. The molecule has 1 aromatic rings. The van der Waals surface area contributed by atoms with E-state index in [-0.39, 0.29) is 16.3 Å². The van der Waals surface area contributed by atoms with Crippen LogP contribution in [0, 0.1) is 0 Å². The first-order valence-corrected chi connectivity index (χ1v) is 7.19. The number of alkyl halides is 2. The maximum absolute atomic E-state index is 12.1. The van der Waals surface area contributed by atoms with Gasteiger partial charge in [0.05, 0.1) is 5.02 Å². The van der Waals surface area contributed by atoms with E-state index in [1.165, 1.54) is 32.0 Å². The van der Waals surface area contributed by atoms with Crippen molar-refractivity contribution in [2.75, 3.05) is 11.9 Å². The number of halogens is 3. The fourth-order valence-electron chi connectivity index (χ4n) is 1.79. The van der Waals surface area contributed by atoms with Gasteiger partial charge in [-0.2, -0.15) is 0 Å². The molecule has 1 fully saturated rings. The van der Waals surface area contributed by atoms with Gasteiger partial charge in [0.1, 0.15) is 12.4 Å². The molecule has 0 atom stereocenters. The molecule has 1 saturated heterocycles. The monoisotopic (exact) mass is 361 g/mol. The van der Waals surface area contributed by atoms with Crippen LogP contribution in [0.5, 0.6) is 5.75 Å². The zero-order valence-corrected chi connectivity index (χ0v) is 13.5. The molecule has 1 N–H and O–H groups in total. The number of hydrogen-bond donors (Lipinski definition) is 1. The van der Waals surface area contributed by atoms with Crippen LogP contribution in [0.4, 0.5) is 14.5 Å². The molecule has 0 aliphatic carbocycles. The summed E-state index contributed by atoms with van der Waals surface area (Å²) in [5.41, 5.74) is 0.0887.